The van der Waals surface area contributed by atoms with E-state index in [1.165, 1.54) is 0 Å². The molecule has 48 valence electrons. The van der Waals surface area contributed by atoms with E-state index in [-0.39, 0.29) is 12.2 Å². The van der Waals surface area contributed by atoms with E-state index in [2.05, 4.69) is 0 Å². The molecule has 1 heterocycles. The SMILES string of the molecule is CC1[C@H](C)OC[C@@H]1O. The zero-order chi connectivity index (χ0) is 6.15. The van der Waals surface area contributed by atoms with Crippen LogP contribution in [0.25, 0.3) is 0 Å². The normalized spacial score (nSPS) is 47.6. The van der Waals surface area contributed by atoms with Crippen molar-refractivity contribution in [1.82, 2.24) is 0 Å². The average molecular weight is 116 g/mol. The van der Waals surface area contributed by atoms with Crippen molar-refractivity contribution in [3.8, 4) is 0 Å². The maximum atomic E-state index is 9.04. The van der Waals surface area contributed by atoms with Crippen molar-refractivity contribution in [2.24, 2.45) is 5.92 Å². The summed E-state index contributed by atoms with van der Waals surface area (Å²) in [6, 6.07) is 0. The Morgan fingerprint density at radius 3 is 2.25 bits per heavy atom. The van der Waals surface area contributed by atoms with E-state index in [1.54, 1.807) is 0 Å². The minimum absolute atomic E-state index is 0.231. The molecular formula is C6H12O2. The minimum Gasteiger partial charge on any atom is -0.390 e. The molecule has 0 saturated carbocycles. The summed E-state index contributed by atoms with van der Waals surface area (Å²) in [5.74, 6) is 0.315. The number of aliphatic hydroxyl groups is 1. The van der Waals surface area contributed by atoms with E-state index in [0.717, 1.165) is 0 Å². The van der Waals surface area contributed by atoms with E-state index in [1.807, 2.05) is 13.8 Å². The third kappa shape index (κ3) is 0.858. The molecule has 0 aliphatic carbocycles. The maximum Gasteiger partial charge on any atom is 0.0823 e. The van der Waals surface area contributed by atoms with Crippen molar-refractivity contribution >= 4 is 0 Å². The lowest BCUT2D eigenvalue weighted by atomic mass is 10.0. The molecule has 0 spiro atoms. The molecular weight excluding hydrogens is 104 g/mol. The molecule has 0 aromatic carbocycles. The molecule has 0 radical (unpaired) electrons. The third-order valence-corrected chi connectivity index (χ3v) is 1.88. The third-order valence-electron chi connectivity index (χ3n) is 1.88. The quantitative estimate of drug-likeness (QED) is 0.496. The number of hydrogen-bond acceptors (Lipinski definition) is 2. The van der Waals surface area contributed by atoms with Crippen LogP contribution >= 0.6 is 0 Å². The van der Waals surface area contributed by atoms with Gasteiger partial charge in [0.2, 0.25) is 0 Å². The lowest BCUT2D eigenvalue weighted by molar-refractivity contribution is 0.0966. The van der Waals surface area contributed by atoms with Gasteiger partial charge in [0.25, 0.3) is 0 Å². The van der Waals surface area contributed by atoms with E-state index in [0.29, 0.717) is 12.5 Å². The summed E-state index contributed by atoms with van der Waals surface area (Å²) < 4.78 is 5.13. The van der Waals surface area contributed by atoms with Gasteiger partial charge >= 0.3 is 0 Å². The summed E-state index contributed by atoms with van der Waals surface area (Å²) >= 11 is 0. The molecule has 1 fully saturated rings. The second-order valence-corrected chi connectivity index (χ2v) is 2.46. The smallest absolute Gasteiger partial charge is 0.0823 e. The van der Waals surface area contributed by atoms with Gasteiger partial charge in [0.1, 0.15) is 0 Å². The first-order chi connectivity index (χ1) is 3.72. The van der Waals surface area contributed by atoms with Gasteiger partial charge in [-0.3, -0.25) is 0 Å². The first-order valence-electron chi connectivity index (χ1n) is 3.01. The molecule has 1 saturated heterocycles. The van der Waals surface area contributed by atoms with Crippen molar-refractivity contribution in [3.05, 3.63) is 0 Å². The number of rotatable bonds is 0. The number of hydrogen-bond donors (Lipinski definition) is 1. The van der Waals surface area contributed by atoms with Crippen LogP contribution in [0.15, 0.2) is 0 Å². The molecule has 1 aliphatic heterocycles. The zero-order valence-corrected chi connectivity index (χ0v) is 5.29. The Morgan fingerprint density at radius 1 is 1.50 bits per heavy atom. The van der Waals surface area contributed by atoms with Crippen LogP contribution in [0.2, 0.25) is 0 Å². The number of ether oxygens (including phenoxy) is 1. The van der Waals surface area contributed by atoms with Crippen LogP contribution in [0, 0.1) is 5.92 Å². The fraction of sp³-hybridized carbons (Fsp3) is 1.00. The summed E-state index contributed by atoms with van der Waals surface area (Å²) in [6.45, 7) is 4.51. The monoisotopic (exact) mass is 116 g/mol. The molecule has 2 heteroatoms. The van der Waals surface area contributed by atoms with E-state index in [9.17, 15) is 0 Å². The fourth-order valence-electron chi connectivity index (χ4n) is 0.867. The summed E-state index contributed by atoms with van der Waals surface area (Å²) in [6.07, 6.45) is 0.00926. The predicted octanol–water partition coefficient (Wildman–Crippen LogP) is 0.402. The summed E-state index contributed by atoms with van der Waals surface area (Å²) in [5, 5.41) is 9.04. The highest BCUT2D eigenvalue weighted by molar-refractivity contribution is 4.76. The molecule has 3 atom stereocenters. The topological polar surface area (TPSA) is 29.5 Å². The van der Waals surface area contributed by atoms with E-state index >= 15 is 0 Å². The summed E-state index contributed by atoms with van der Waals surface area (Å²) in [4.78, 5) is 0. The van der Waals surface area contributed by atoms with Gasteiger partial charge in [0.15, 0.2) is 0 Å². The Bertz CT molecular complexity index is 72.6. The van der Waals surface area contributed by atoms with E-state index in [4.69, 9.17) is 9.84 Å². The van der Waals surface area contributed by atoms with Gasteiger partial charge in [-0.05, 0) is 6.92 Å². The standard InChI is InChI=1S/C6H12O2/c1-4-5(2)8-3-6(4)7/h4-7H,3H2,1-2H3/t4?,5-,6-/m0/s1. The highest BCUT2D eigenvalue weighted by Gasteiger charge is 2.28. The average Bonchev–Trinajstić information content (AvgIpc) is 1.98. The molecule has 1 unspecified atom stereocenters. The second kappa shape index (κ2) is 2.03. The predicted molar refractivity (Wildman–Crippen MR) is 30.6 cm³/mol. The van der Waals surface area contributed by atoms with Crippen LogP contribution in [0.1, 0.15) is 13.8 Å². The molecule has 0 amide bonds. The molecule has 0 bridgehead atoms. The van der Waals surface area contributed by atoms with Crippen molar-refractivity contribution in [3.63, 3.8) is 0 Å². The Hall–Kier alpha value is -0.0800. The van der Waals surface area contributed by atoms with Gasteiger partial charge in [0.05, 0.1) is 18.8 Å². The molecule has 0 aromatic heterocycles. The maximum absolute atomic E-state index is 9.04. The lowest BCUT2D eigenvalue weighted by Gasteiger charge is -2.08. The first-order valence-corrected chi connectivity index (χ1v) is 3.01. The van der Waals surface area contributed by atoms with E-state index < -0.39 is 0 Å². The van der Waals surface area contributed by atoms with Gasteiger partial charge in [-0.2, -0.15) is 0 Å². The van der Waals surface area contributed by atoms with Gasteiger partial charge < -0.3 is 9.84 Å². The number of aliphatic hydroxyl groups excluding tert-OH is 1. The molecule has 1 aliphatic rings. The largest absolute Gasteiger partial charge is 0.390 e. The van der Waals surface area contributed by atoms with Gasteiger partial charge in [-0.15, -0.1) is 0 Å². The second-order valence-electron chi connectivity index (χ2n) is 2.46. The lowest BCUT2D eigenvalue weighted by Crippen LogP contribution is -2.17. The van der Waals surface area contributed by atoms with Crippen molar-refractivity contribution < 1.29 is 9.84 Å². The van der Waals surface area contributed by atoms with Crippen LogP contribution in [0.5, 0.6) is 0 Å². The Labute approximate surface area is 49.5 Å². The molecule has 8 heavy (non-hydrogen) atoms. The van der Waals surface area contributed by atoms with Gasteiger partial charge in [0, 0.05) is 5.92 Å². The van der Waals surface area contributed by atoms with Crippen molar-refractivity contribution in [1.29, 1.82) is 0 Å². The van der Waals surface area contributed by atoms with Crippen LogP contribution in [-0.4, -0.2) is 23.9 Å². The Balaban J connectivity index is 2.44. The highest BCUT2D eigenvalue weighted by atomic mass is 16.5. The minimum atomic E-state index is -0.231. The van der Waals surface area contributed by atoms with Crippen LogP contribution < -0.4 is 0 Å². The van der Waals surface area contributed by atoms with Gasteiger partial charge in [-0.25, -0.2) is 0 Å². The van der Waals surface area contributed by atoms with Crippen LogP contribution in [0.3, 0.4) is 0 Å². The zero-order valence-electron chi connectivity index (χ0n) is 5.29. The van der Waals surface area contributed by atoms with Crippen LogP contribution in [0.4, 0.5) is 0 Å². The van der Waals surface area contributed by atoms with Crippen LogP contribution in [-0.2, 0) is 4.74 Å². The molecule has 1 N–H and O–H groups in total. The Morgan fingerprint density at radius 2 is 2.12 bits per heavy atom. The Kier molecular flexibility index (Phi) is 1.54. The highest BCUT2D eigenvalue weighted by Crippen LogP contribution is 2.19. The summed E-state index contributed by atoms with van der Waals surface area (Å²) in [7, 11) is 0. The summed E-state index contributed by atoms with van der Waals surface area (Å²) in [5.41, 5.74) is 0. The molecule has 1 rings (SSSR count). The molecule has 2 nitrogen and oxygen atoms in total. The fourth-order valence-corrected chi connectivity index (χ4v) is 0.867. The van der Waals surface area contributed by atoms with Crippen molar-refractivity contribution in [2.75, 3.05) is 6.61 Å². The van der Waals surface area contributed by atoms with Crippen molar-refractivity contribution in [2.45, 2.75) is 26.1 Å². The van der Waals surface area contributed by atoms with Gasteiger partial charge in [-0.1, -0.05) is 6.92 Å². The molecule has 0 aromatic rings. The first kappa shape index (κ1) is 6.05.